The van der Waals surface area contributed by atoms with Crippen molar-refractivity contribution in [1.82, 2.24) is 14.7 Å². The number of aromatic nitrogens is 2. The van der Waals surface area contributed by atoms with Crippen molar-refractivity contribution in [2.75, 3.05) is 6.54 Å². The summed E-state index contributed by atoms with van der Waals surface area (Å²) in [7, 11) is 0. The van der Waals surface area contributed by atoms with E-state index in [1.54, 1.807) is 6.07 Å². The Morgan fingerprint density at radius 3 is 2.64 bits per heavy atom. The second-order valence-electron chi connectivity index (χ2n) is 6.06. The summed E-state index contributed by atoms with van der Waals surface area (Å²) in [6.07, 6.45) is 0.891. The maximum atomic E-state index is 13.9. The summed E-state index contributed by atoms with van der Waals surface area (Å²) in [5.74, 6) is -2.36. The lowest BCUT2D eigenvalue weighted by Crippen LogP contribution is -2.51. The Bertz CT molecular complexity index is 911. The van der Waals surface area contributed by atoms with Crippen molar-refractivity contribution < 1.29 is 19.1 Å². The third-order valence-corrected chi connectivity index (χ3v) is 4.45. The summed E-state index contributed by atoms with van der Waals surface area (Å²) in [5.41, 5.74) is -2.11. The first kappa shape index (κ1) is 16.8. The van der Waals surface area contributed by atoms with Crippen LogP contribution in [0.25, 0.3) is 5.69 Å². The molecule has 0 spiro atoms. The average molecular weight is 345 g/mol. The highest BCUT2D eigenvalue weighted by atomic mass is 19.1. The molecule has 1 unspecified atom stereocenters. The van der Waals surface area contributed by atoms with Gasteiger partial charge in [0.2, 0.25) is 0 Å². The van der Waals surface area contributed by atoms with E-state index in [9.17, 15) is 23.9 Å². The number of aliphatic carboxylic acids is 1. The third-order valence-electron chi connectivity index (χ3n) is 4.45. The predicted molar refractivity (Wildman–Crippen MR) is 86.1 cm³/mol. The van der Waals surface area contributed by atoms with Crippen LogP contribution >= 0.6 is 0 Å². The molecule has 2 aromatic rings. The maximum Gasteiger partial charge on any atom is 0.329 e. The Hall–Kier alpha value is -3.03. The number of halogens is 1. The molecule has 0 aliphatic carbocycles. The van der Waals surface area contributed by atoms with E-state index in [1.165, 1.54) is 36.1 Å². The van der Waals surface area contributed by atoms with Crippen molar-refractivity contribution >= 4 is 11.9 Å². The minimum Gasteiger partial charge on any atom is -0.480 e. The van der Waals surface area contributed by atoms with Gasteiger partial charge >= 0.3 is 5.97 Å². The van der Waals surface area contributed by atoms with Crippen LogP contribution in [0.5, 0.6) is 0 Å². The van der Waals surface area contributed by atoms with Gasteiger partial charge in [0.05, 0.1) is 0 Å². The molecule has 1 aromatic carbocycles. The molecule has 1 N–H and O–H groups in total. The van der Waals surface area contributed by atoms with E-state index >= 15 is 0 Å². The molecule has 1 aliphatic rings. The molecule has 1 aromatic heterocycles. The number of para-hydroxylation sites is 1. The van der Waals surface area contributed by atoms with Gasteiger partial charge in [-0.25, -0.2) is 9.18 Å². The molecule has 8 heteroatoms. The Balaban J connectivity index is 2.03. The van der Waals surface area contributed by atoms with Gasteiger partial charge in [0.15, 0.2) is 0 Å². The number of carboxylic acids is 1. The highest BCUT2D eigenvalue weighted by molar-refractivity contribution is 5.96. The van der Waals surface area contributed by atoms with Gasteiger partial charge in [-0.1, -0.05) is 12.1 Å². The van der Waals surface area contributed by atoms with Gasteiger partial charge in [-0.05, 0) is 38.0 Å². The molecule has 3 rings (SSSR count). The summed E-state index contributed by atoms with van der Waals surface area (Å²) < 4.78 is 14.7. The van der Waals surface area contributed by atoms with Gasteiger partial charge in [0, 0.05) is 12.6 Å². The van der Waals surface area contributed by atoms with Crippen molar-refractivity contribution in [2.45, 2.75) is 25.3 Å². The number of nitrogens with zero attached hydrogens (tertiary/aromatic N) is 3. The van der Waals surface area contributed by atoms with Crippen molar-refractivity contribution in [3.8, 4) is 5.69 Å². The predicted octanol–water partition coefficient (Wildman–Crippen LogP) is 1.45. The van der Waals surface area contributed by atoms with Crippen LogP contribution in [-0.4, -0.2) is 43.7 Å². The van der Waals surface area contributed by atoms with Crippen LogP contribution < -0.4 is 5.56 Å². The van der Waals surface area contributed by atoms with E-state index in [0.717, 1.165) is 10.7 Å². The average Bonchev–Trinajstić information content (AvgIpc) is 2.99. The normalized spacial score (nSPS) is 19.8. The number of likely N-dealkylation sites (tertiary alicyclic amines) is 1. The summed E-state index contributed by atoms with van der Waals surface area (Å²) in [5, 5.41) is 13.4. The monoisotopic (exact) mass is 345 g/mol. The zero-order valence-corrected chi connectivity index (χ0v) is 13.5. The van der Waals surface area contributed by atoms with Gasteiger partial charge in [-0.3, -0.25) is 9.59 Å². The van der Waals surface area contributed by atoms with Gasteiger partial charge in [0.25, 0.3) is 11.5 Å². The Labute approximate surface area is 142 Å². The Morgan fingerprint density at radius 2 is 1.96 bits per heavy atom. The molecule has 2 heterocycles. The molecule has 7 nitrogen and oxygen atoms in total. The molecule has 130 valence electrons. The van der Waals surface area contributed by atoms with Crippen LogP contribution in [0.1, 0.15) is 30.3 Å². The van der Waals surface area contributed by atoms with Crippen LogP contribution in [-0.2, 0) is 4.79 Å². The lowest BCUT2D eigenvalue weighted by Gasteiger charge is -2.30. The van der Waals surface area contributed by atoms with Crippen LogP contribution in [0, 0.1) is 5.82 Å². The van der Waals surface area contributed by atoms with Crippen molar-refractivity contribution in [3.63, 3.8) is 0 Å². The fourth-order valence-electron chi connectivity index (χ4n) is 2.97. The maximum absolute atomic E-state index is 13.9. The number of amides is 1. The van der Waals surface area contributed by atoms with E-state index in [4.69, 9.17) is 0 Å². The summed E-state index contributed by atoms with van der Waals surface area (Å²) in [6, 6.07) is 7.91. The third kappa shape index (κ3) is 2.79. The van der Waals surface area contributed by atoms with E-state index < -0.39 is 28.8 Å². The second-order valence-corrected chi connectivity index (χ2v) is 6.06. The minimum absolute atomic E-state index is 0.0791. The van der Waals surface area contributed by atoms with Crippen LogP contribution in [0.3, 0.4) is 0 Å². The van der Waals surface area contributed by atoms with Crippen molar-refractivity contribution in [3.05, 3.63) is 58.3 Å². The van der Waals surface area contributed by atoms with E-state index in [-0.39, 0.29) is 17.9 Å². The van der Waals surface area contributed by atoms with Crippen LogP contribution in [0.15, 0.2) is 41.2 Å². The fourth-order valence-corrected chi connectivity index (χ4v) is 2.97. The first-order valence-corrected chi connectivity index (χ1v) is 7.75. The van der Waals surface area contributed by atoms with Gasteiger partial charge in [-0.15, -0.1) is 0 Å². The Kier molecular flexibility index (Phi) is 4.12. The van der Waals surface area contributed by atoms with Crippen molar-refractivity contribution in [1.29, 1.82) is 0 Å². The zero-order valence-electron chi connectivity index (χ0n) is 13.5. The topological polar surface area (TPSA) is 92.5 Å². The number of hydrogen-bond donors (Lipinski definition) is 1. The largest absolute Gasteiger partial charge is 0.480 e. The quantitative estimate of drug-likeness (QED) is 0.909. The molecule has 25 heavy (non-hydrogen) atoms. The molecule has 0 bridgehead atoms. The summed E-state index contributed by atoms with van der Waals surface area (Å²) >= 11 is 0. The number of carbonyl (C=O) groups excluding carboxylic acids is 1. The summed E-state index contributed by atoms with van der Waals surface area (Å²) in [4.78, 5) is 37.5. The van der Waals surface area contributed by atoms with Gasteiger partial charge in [0.1, 0.15) is 22.7 Å². The highest BCUT2D eigenvalue weighted by Crippen LogP contribution is 2.30. The first-order chi connectivity index (χ1) is 11.8. The minimum atomic E-state index is -1.32. The standard InChI is InChI=1S/C17H16FN3O4/c1-17(16(24)25)9-4-10-20(17)15(23)12-7-8-14(22)21(19-12)13-6-3-2-5-11(13)18/h2-3,5-8H,4,9-10H2,1H3,(H,24,25). The SMILES string of the molecule is CC1(C(=O)O)CCCN1C(=O)c1ccc(=O)n(-c2ccccc2F)n1. The Morgan fingerprint density at radius 1 is 1.24 bits per heavy atom. The number of carboxylic acid groups (broad SMARTS) is 1. The molecular weight excluding hydrogens is 329 g/mol. The van der Waals surface area contributed by atoms with E-state index in [1.807, 2.05) is 0 Å². The molecule has 1 saturated heterocycles. The molecule has 0 saturated carbocycles. The van der Waals surface area contributed by atoms with E-state index in [0.29, 0.717) is 12.8 Å². The molecule has 1 amide bonds. The highest BCUT2D eigenvalue weighted by Gasteiger charge is 2.46. The number of hydrogen-bond acceptors (Lipinski definition) is 4. The summed E-state index contributed by atoms with van der Waals surface area (Å²) in [6.45, 7) is 1.76. The fraction of sp³-hybridized carbons (Fsp3) is 0.294. The molecular formula is C17H16FN3O4. The van der Waals surface area contributed by atoms with Crippen LogP contribution in [0.4, 0.5) is 4.39 Å². The van der Waals surface area contributed by atoms with Crippen molar-refractivity contribution in [2.24, 2.45) is 0 Å². The van der Waals surface area contributed by atoms with Gasteiger partial charge in [-0.2, -0.15) is 9.78 Å². The first-order valence-electron chi connectivity index (χ1n) is 7.75. The second kappa shape index (κ2) is 6.12. The lowest BCUT2D eigenvalue weighted by atomic mass is 9.99. The molecule has 0 radical (unpaired) electrons. The number of carbonyl (C=O) groups is 2. The zero-order chi connectivity index (χ0) is 18.2. The number of benzene rings is 1. The lowest BCUT2D eigenvalue weighted by molar-refractivity contribution is -0.147. The van der Waals surface area contributed by atoms with E-state index in [2.05, 4.69) is 5.10 Å². The molecule has 1 atom stereocenters. The number of rotatable bonds is 3. The molecule has 1 fully saturated rings. The van der Waals surface area contributed by atoms with Gasteiger partial charge < -0.3 is 10.0 Å². The molecule has 1 aliphatic heterocycles. The smallest absolute Gasteiger partial charge is 0.329 e. The van der Waals surface area contributed by atoms with Crippen LogP contribution in [0.2, 0.25) is 0 Å².